The largest absolute Gasteiger partial charge is 0.481 e. The maximum atomic E-state index is 13.5. The minimum Gasteiger partial charge on any atom is -0.481 e. The third-order valence-corrected chi connectivity index (χ3v) is 3.50. The Hall–Kier alpha value is -2.89. The second kappa shape index (κ2) is 8.10. The number of alkyl carbamates (subject to hydrolysis) is 1. The Bertz CT molecular complexity index is 718. The van der Waals surface area contributed by atoms with E-state index in [2.05, 4.69) is 5.32 Å². The third-order valence-electron chi connectivity index (χ3n) is 3.50. The quantitative estimate of drug-likeness (QED) is 0.848. The van der Waals surface area contributed by atoms with Crippen molar-refractivity contribution in [3.05, 3.63) is 71.0 Å². The van der Waals surface area contributed by atoms with E-state index < -0.39 is 23.9 Å². The van der Waals surface area contributed by atoms with Crippen LogP contribution in [0.1, 0.15) is 29.2 Å². The Morgan fingerprint density at radius 1 is 1.21 bits per heavy atom. The molecule has 2 N–H and O–H groups in total. The molecular weight excluding hydrogens is 313 g/mol. The van der Waals surface area contributed by atoms with Gasteiger partial charge in [-0.1, -0.05) is 36.4 Å². The Balaban J connectivity index is 2.06. The van der Waals surface area contributed by atoms with Gasteiger partial charge in [-0.3, -0.25) is 4.79 Å². The normalized spacial score (nSPS) is 11.6. The summed E-state index contributed by atoms with van der Waals surface area (Å²) in [6.45, 7) is 1.79. The van der Waals surface area contributed by atoms with Gasteiger partial charge in [0.1, 0.15) is 12.4 Å². The first kappa shape index (κ1) is 17.5. The van der Waals surface area contributed by atoms with Crippen LogP contribution in [0.5, 0.6) is 0 Å². The molecule has 1 unspecified atom stereocenters. The van der Waals surface area contributed by atoms with Crippen molar-refractivity contribution in [3.63, 3.8) is 0 Å². The molecule has 1 amide bonds. The van der Waals surface area contributed by atoms with Crippen LogP contribution < -0.4 is 5.32 Å². The van der Waals surface area contributed by atoms with E-state index in [4.69, 9.17) is 9.84 Å². The summed E-state index contributed by atoms with van der Waals surface area (Å²) in [5.74, 6) is -1.60. The molecule has 2 aromatic carbocycles. The molecule has 0 heterocycles. The van der Waals surface area contributed by atoms with E-state index in [0.717, 1.165) is 5.56 Å². The lowest BCUT2D eigenvalue weighted by atomic mass is 9.98. The number of hydrogen-bond donors (Lipinski definition) is 2. The number of rotatable bonds is 6. The predicted molar refractivity (Wildman–Crippen MR) is 85.9 cm³/mol. The molecule has 0 saturated carbocycles. The fraction of sp³-hybridized carbons (Fsp3) is 0.222. The molecule has 0 radical (unpaired) electrons. The van der Waals surface area contributed by atoms with Gasteiger partial charge in [-0.2, -0.15) is 0 Å². The first-order chi connectivity index (χ1) is 11.5. The Morgan fingerprint density at radius 2 is 1.92 bits per heavy atom. The van der Waals surface area contributed by atoms with Crippen LogP contribution in [0.2, 0.25) is 0 Å². The SMILES string of the molecule is Cc1ccc(F)cc1C(CC(=O)O)NC(=O)OCc1ccccc1. The lowest BCUT2D eigenvalue weighted by molar-refractivity contribution is -0.137. The molecule has 0 spiro atoms. The molecule has 0 aliphatic heterocycles. The number of aryl methyl sites for hydroxylation is 1. The number of hydrogen-bond acceptors (Lipinski definition) is 3. The predicted octanol–water partition coefficient (Wildman–Crippen LogP) is 3.58. The van der Waals surface area contributed by atoms with Crippen LogP contribution in [-0.2, 0) is 16.1 Å². The summed E-state index contributed by atoms with van der Waals surface area (Å²) in [4.78, 5) is 23.0. The number of carbonyl (C=O) groups is 2. The van der Waals surface area contributed by atoms with E-state index in [0.29, 0.717) is 11.1 Å². The molecule has 0 saturated heterocycles. The maximum absolute atomic E-state index is 13.5. The molecule has 6 heteroatoms. The number of carboxylic acid groups (broad SMARTS) is 1. The van der Waals surface area contributed by atoms with Crippen LogP contribution >= 0.6 is 0 Å². The molecule has 1 atom stereocenters. The number of amides is 1. The van der Waals surface area contributed by atoms with E-state index in [1.165, 1.54) is 18.2 Å². The van der Waals surface area contributed by atoms with E-state index in [1.807, 2.05) is 18.2 Å². The topological polar surface area (TPSA) is 75.6 Å². The molecule has 2 rings (SSSR count). The van der Waals surface area contributed by atoms with Gasteiger partial charge in [0.05, 0.1) is 12.5 Å². The van der Waals surface area contributed by atoms with Crippen molar-refractivity contribution in [1.82, 2.24) is 5.32 Å². The molecule has 2 aromatic rings. The molecular formula is C18H18FNO4. The maximum Gasteiger partial charge on any atom is 0.407 e. The number of aliphatic carboxylic acids is 1. The van der Waals surface area contributed by atoms with Crippen LogP contribution in [0, 0.1) is 12.7 Å². The summed E-state index contributed by atoms with van der Waals surface area (Å²) >= 11 is 0. The van der Waals surface area contributed by atoms with Gasteiger partial charge in [-0.25, -0.2) is 9.18 Å². The van der Waals surface area contributed by atoms with E-state index >= 15 is 0 Å². The Kier molecular flexibility index (Phi) is 5.89. The summed E-state index contributed by atoms with van der Waals surface area (Å²) in [7, 11) is 0. The highest BCUT2D eigenvalue weighted by molar-refractivity contribution is 5.72. The van der Waals surface area contributed by atoms with Gasteiger partial charge in [-0.05, 0) is 35.7 Å². The van der Waals surface area contributed by atoms with Gasteiger partial charge >= 0.3 is 12.1 Å². The Morgan fingerprint density at radius 3 is 2.58 bits per heavy atom. The molecule has 24 heavy (non-hydrogen) atoms. The Labute approximate surface area is 139 Å². The van der Waals surface area contributed by atoms with Crippen molar-refractivity contribution in [2.45, 2.75) is 26.0 Å². The minimum absolute atomic E-state index is 0.0641. The highest BCUT2D eigenvalue weighted by Crippen LogP contribution is 2.22. The average molecular weight is 331 g/mol. The van der Waals surface area contributed by atoms with Crippen molar-refractivity contribution in [2.24, 2.45) is 0 Å². The van der Waals surface area contributed by atoms with Gasteiger partial charge in [0.25, 0.3) is 0 Å². The molecule has 0 aromatic heterocycles. The summed E-state index contributed by atoms with van der Waals surface area (Å²) in [5, 5.41) is 11.5. The second-order valence-electron chi connectivity index (χ2n) is 5.36. The zero-order valence-corrected chi connectivity index (χ0v) is 13.2. The fourth-order valence-corrected chi connectivity index (χ4v) is 2.31. The minimum atomic E-state index is -1.10. The first-order valence-corrected chi connectivity index (χ1v) is 7.41. The third kappa shape index (κ3) is 5.08. The van der Waals surface area contributed by atoms with Gasteiger partial charge in [0.15, 0.2) is 0 Å². The smallest absolute Gasteiger partial charge is 0.407 e. The highest BCUT2D eigenvalue weighted by atomic mass is 19.1. The van der Waals surface area contributed by atoms with Crippen LogP contribution in [0.4, 0.5) is 9.18 Å². The zero-order valence-electron chi connectivity index (χ0n) is 13.2. The van der Waals surface area contributed by atoms with Crippen LogP contribution in [-0.4, -0.2) is 17.2 Å². The molecule has 0 bridgehead atoms. The lowest BCUT2D eigenvalue weighted by Gasteiger charge is -2.19. The highest BCUT2D eigenvalue weighted by Gasteiger charge is 2.21. The van der Waals surface area contributed by atoms with Gasteiger partial charge < -0.3 is 15.2 Å². The summed E-state index contributed by atoms with van der Waals surface area (Å²) < 4.78 is 18.6. The van der Waals surface area contributed by atoms with Crippen molar-refractivity contribution < 1.29 is 23.8 Å². The van der Waals surface area contributed by atoms with E-state index in [1.54, 1.807) is 19.1 Å². The zero-order chi connectivity index (χ0) is 17.5. The molecule has 126 valence electrons. The number of carboxylic acids is 1. The van der Waals surface area contributed by atoms with E-state index in [-0.39, 0.29) is 13.0 Å². The fourth-order valence-electron chi connectivity index (χ4n) is 2.31. The standard InChI is InChI=1S/C18H18FNO4/c1-12-7-8-14(19)9-15(12)16(10-17(21)22)20-18(23)24-11-13-5-3-2-4-6-13/h2-9,16H,10-11H2,1H3,(H,20,23)(H,21,22). The summed E-state index contributed by atoms with van der Waals surface area (Å²) in [6.07, 6.45) is -1.13. The summed E-state index contributed by atoms with van der Waals surface area (Å²) in [5.41, 5.74) is 1.91. The molecule has 0 fully saturated rings. The van der Waals surface area contributed by atoms with Gasteiger partial charge in [0.2, 0.25) is 0 Å². The summed E-state index contributed by atoms with van der Waals surface area (Å²) in [6, 6.07) is 12.3. The van der Waals surface area contributed by atoms with Crippen molar-refractivity contribution in [2.75, 3.05) is 0 Å². The number of benzene rings is 2. The first-order valence-electron chi connectivity index (χ1n) is 7.41. The number of halogens is 1. The van der Waals surface area contributed by atoms with Crippen LogP contribution in [0.3, 0.4) is 0 Å². The molecule has 0 aliphatic rings. The number of ether oxygens (including phenoxy) is 1. The van der Waals surface area contributed by atoms with Crippen molar-refractivity contribution in [3.8, 4) is 0 Å². The number of nitrogens with one attached hydrogen (secondary N) is 1. The van der Waals surface area contributed by atoms with Crippen molar-refractivity contribution >= 4 is 12.1 Å². The van der Waals surface area contributed by atoms with Gasteiger partial charge in [0, 0.05) is 0 Å². The average Bonchev–Trinajstić information content (AvgIpc) is 2.55. The lowest BCUT2D eigenvalue weighted by Crippen LogP contribution is -2.31. The van der Waals surface area contributed by atoms with Crippen LogP contribution in [0.25, 0.3) is 0 Å². The van der Waals surface area contributed by atoms with Crippen molar-refractivity contribution in [1.29, 1.82) is 0 Å². The molecule has 5 nitrogen and oxygen atoms in total. The van der Waals surface area contributed by atoms with Crippen LogP contribution in [0.15, 0.2) is 48.5 Å². The van der Waals surface area contributed by atoms with Gasteiger partial charge in [-0.15, -0.1) is 0 Å². The monoisotopic (exact) mass is 331 g/mol. The number of carbonyl (C=O) groups excluding carboxylic acids is 1. The molecule has 0 aliphatic carbocycles. The second-order valence-corrected chi connectivity index (χ2v) is 5.36. The van der Waals surface area contributed by atoms with E-state index in [9.17, 15) is 14.0 Å².